The minimum atomic E-state index is -1.15. The van der Waals surface area contributed by atoms with Crippen molar-refractivity contribution in [2.45, 2.75) is 46.3 Å². The number of ether oxygens (including phenoxy) is 1. The molecule has 36 heavy (non-hydrogen) atoms. The van der Waals surface area contributed by atoms with Crippen LogP contribution in [0.15, 0.2) is 48.7 Å². The number of carbonyl (C=O) groups is 1. The van der Waals surface area contributed by atoms with Crippen LogP contribution in [0.4, 0.5) is 0 Å². The van der Waals surface area contributed by atoms with E-state index in [1.807, 2.05) is 71.1 Å². The van der Waals surface area contributed by atoms with Crippen LogP contribution >= 0.6 is 22.9 Å². The van der Waals surface area contributed by atoms with Crippen molar-refractivity contribution >= 4 is 44.6 Å². The Hall–Kier alpha value is -3.33. The van der Waals surface area contributed by atoms with E-state index < -0.39 is 17.7 Å². The fourth-order valence-corrected chi connectivity index (χ4v) is 5.55. The van der Waals surface area contributed by atoms with Gasteiger partial charge in [0.25, 0.3) is 0 Å². The maximum Gasteiger partial charge on any atom is 0.337 e. The Bertz CT molecular complexity index is 1620. The number of hydrogen-bond acceptors (Lipinski definition) is 6. The number of pyridine rings is 1. The molecule has 0 saturated heterocycles. The summed E-state index contributed by atoms with van der Waals surface area (Å²) in [5, 5.41) is 19.9. The van der Waals surface area contributed by atoms with Gasteiger partial charge in [0.1, 0.15) is 5.01 Å². The normalized spacial score (nSPS) is 12.9. The second-order valence-corrected chi connectivity index (χ2v) is 11.2. The predicted octanol–water partition coefficient (Wildman–Crippen LogP) is 6.88. The van der Waals surface area contributed by atoms with Crippen LogP contribution in [-0.2, 0) is 9.53 Å². The minimum Gasteiger partial charge on any atom is -0.479 e. The smallest absolute Gasteiger partial charge is 0.337 e. The summed E-state index contributed by atoms with van der Waals surface area (Å²) in [6, 6.07) is 13.3. The van der Waals surface area contributed by atoms with E-state index >= 15 is 0 Å². The van der Waals surface area contributed by atoms with Gasteiger partial charge in [-0.2, -0.15) is 0 Å². The monoisotopic (exact) mass is 520 g/mol. The number of halogens is 1. The van der Waals surface area contributed by atoms with Crippen molar-refractivity contribution in [3.05, 3.63) is 70.5 Å². The van der Waals surface area contributed by atoms with Crippen molar-refractivity contribution in [1.82, 2.24) is 19.8 Å². The van der Waals surface area contributed by atoms with E-state index in [0.29, 0.717) is 10.6 Å². The third-order valence-electron chi connectivity index (χ3n) is 5.86. The van der Waals surface area contributed by atoms with E-state index in [9.17, 15) is 9.90 Å². The zero-order chi connectivity index (χ0) is 25.8. The quantitative estimate of drug-likeness (QED) is 0.271. The van der Waals surface area contributed by atoms with Crippen LogP contribution in [-0.4, -0.2) is 36.5 Å². The summed E-state index contributed by atoms with van der Waals surface area (Å²) in [6.07, 6.45) is 0.716. The van der Waals surface area contributed by atoms with Gasteiger partial charge in [0.15, 0.2) is 6.10 Å². The summed E-state index contributed by atoms with van der Waals surface area (Å²) in [5.74, 6) is -1.04. The molecule has 0 amide bonds. The number of carboxylic acids is 1. The molecule has 1 atom stereocenters. The molecule has 0 spiro atoms. The van der Waals surface area contributed by atoms with Crippen LogP contribution in [0.5, 0.6) is 0 Å². The lowest BCUT2D eigenvalue weighted by Gasteiger charge is -2.28. The topological polar surface area (TPSA) is 89.6 Å². The van der Waals surface area contributed by atoms with Crippen molar-refractivity contribution in [1.29, 1.82) is 0 Å². The fraction of sp³-hybridized carbons (Fsp3) is 0.259. The highest BCUT2D eigenvalue weighted by Gasteiger charge is 2.32. The van der Waals surface area contributed by atoms with Gasteiger partial charge in [-0.25, -0.2) is 14.3 Å². The van der Waals surface area contributed by atoms with E-state index in [2.05, 4.69) is 10.3 Å². The van der Waals surface area contributed by atoms with Gasteiger partial charge in [-0.05, 0) is 76.1 Å². The Kier molecular flexibility index (Phi) is 6.06. The second-order valence-electron chi connectivity index (χ2n) is 9.72. The fourth-order valence-electron chi connectivity index (χ4n) is 4.30. The van der Waals surface area contributed by atoms with Crippen LogP contribution in [0.2, 0.25) is 5.02 Å². The molecule has 0 aliphatic carbocycles. The van der Waals surface area contributed by atoms with Gasteiger partial charge in [0, 0.05) is 27.9 Å². The van der Waals surface area contributed by atoms with E-state index in [0.717, 1.165) is 48.7 Å². The van der Waals surface area contributed by atoms with Gasteiger partial charge >= 0.3 is 5.97 Å². The minimum absolute atomic E-state index is 0.605. The highest BCUT2D eigenvalue weighted by Crippen LogP contribution is 2.44. The lowest BCUT2D eigenvalue weighted by molar-refractivity contribution is -0.160. The van der Waals surface area contributed by atoms with Gasteiger partial charge in [-0.1, -0.05) is 28.9 Å². The van der Waals surface area contributed by atoms with Gasteiger partial charge in [-0.15, -0.1) is 16.4 Å². The maximum absolute atomic E-state index is 12.5. The third-order valence-corrected chi connectivity index (χ3v) is 7.25. The Morgan fingerprint density at radius 1 is 1.11 bits per heavy atom. The lowest BCUT2D eigenvalue weighted by Crippen LogP contribution is -2.28. The zero-order valence-electron chi connectivity index (χ0n) is 20.5. The van der Waals surface area contributed by atoms with Crippen molar-refractivity contribution in [3.63, 3.8) is 0 Å². The van der Waals surface area contributed by atoms with Crippen LogP contribution < -0.4 is 0 Å². The number of carboxylic acid groups (broad SMARTS) is 1. The number of aliphatic carboxylic acids is 1. The van der Waals surface area contributed by atoms with Crippen LogP contribution in [0.25, 0.3) is 37.4 Å². The first kappa shape index (κ1) is 24.4. The molecule has 0 radical (unpaired) electrons. The molecule has 3 aromatic heterocycles. The van der Waals surface area contributed by atoms with Gasteiger partial charge in [0.05, 0.1) is 27.0 Å². The number of nitrogens with zero attached hydrogens (tertiary/aromatic N) is 4. The molecular weight excluding hydrogens is 496 g/mol. The Morgan fingerprint density at radius 3 is 2.50 bits per heavy atom. The van der Waals surface area contributed by atoms with Crippen molar-refractivity contribution in [3.8, 4) is 21.7 Å². The van der Waals surface area contributed by atoms with E-state index in [4.69, 9.17) is 21.3 Å². The van der Waals surface area contributed by atoms with Crippen LogP contribution in [0, 0.1) is 13.8 Å². The molecule has 1 N–H and O–H groups in total. The summed E-state index contributed by atoms with van der Waals surface area (Å²) in [5.41, 5.74) is 5.89. The van der Waals surface area contributed by atoms with Gasteiger partial charge < -0.3 is 9.84 Å². The summed E-state index contributed by atoms with van der Waals surface area (Å²) in [4.78, 5) is 17.4. The largest absolute Gasteiger partial charge is 0.479 e. The number of thiazole rings is 1. The maximum atomic E-state index is 12.5. The SMILES string of the molecule is Cc1cc2nc(-c3ccn4nnc(C)c4c3)sc2c(-c2ccc(Cl)cc2)c1C(OC(C)(C)C)C(=O)O. The Morgan fingerprint density at radius 2 is 1.83 bits per heavy atom. The third kappa shape index (κ3) is 4.48. The molecule has 184 valence electrons. The Balaban J connectivity index is 1.79. The number of benzene rings is 2. The van der Waals surface area contributed by atoms with E-state index in [1.165, 1.54) is 11.3 Å². The highest BCUT2D eigenvalue weighted by molar-refractivity contribution is 7.22. The number of fused-ring (bicyclic) bond motifs is 2. The first-order chi connectivity index (χ1) is 17.0. The molecule has 0 aliphatic heterocycles. The second kappa shape index (κ2) is 8.96. The molecule has 1 unspecified atom stereocenters. The summed E-state index contributed by atoms with van der Waals surface area (Å²) in [7, 11) is 0. The first-order valence-electron chi connectivity index (χ1n) is 11.4. The van der Waals surface area contributed by atoms with E-state index in [1.54, 1.807) is 16.6 Å². The van der Waals surface area contributed by atoms with Crippen LogP contribution in [0.1, 0.15) is 43.7 Å². The zero-order valence-corrected chi connectivity index (χ0v) is 22.1. The molecule has 0 fully saturated rings. The molecule has 7 nitrogen and oxygen atoms in total. The van der Waals surface area contributed by atoms with Gasteiger partial charge in [0.2, 0.25) is 0 Å². The van der Waals surface area contributed by atoms with Crippen molar-refractivity contribution in [2.75, 3.05) is 0 Å². The molecule has 2 aromatic carbocycles. The average molecular weight is 521 g/mol. The molecule has 5 rings (SSSR count). The lowest BCUT2D eigenvalue weighted by atomic mass is 9.91. The number of hydrogen-bond donors (Lipinski definition) is 1. The van der Waals surface area contributed by atoms with Gasteiger partial charge in [-0.3, -0.25) is 0 Å². The number of rotatable bonds is 5. The number of aryl methyl sites for hydroxylation is 2. The molecule has 9 heteroatoms. The number of aromatic nitrogens is 4. The highest BCUT2D eigenvalue weighted by atomic mass is 35.5. The summed E-state index contributed by atoms with van der Waals surface area (Å²) in [6.45, 7) is 9.38. The first-order valence-corrected chi connectivity index (χ1v) is 12.6. The molecule has 5 aromatic rings. The Labute approximate surface area is 217 Å². The van der Waals surface area contributed by atoms with E-state index in [-0.39, 0.29) is 0 Å². The summed E-state index contributed by atoms with van der Waals surface area (Å²) < 4.78 is 8.71. The predicted molar refractivity (Wildman–Crippen MR) is 143 cm³/mol. The molecule has 0 bridgehead atoms. The molecule has 0 aliphatic rings. The average Bonchev–Trinajstić information content (AvgIpc) is 3.40. The van der Waals surface area contributed by atoms with Crippen LogP contribution in [0.3, 0.4) is 0 Å². The van der Waals surface area contributed by atoms with Crippen molar-refractivity contribution < 1.29 is 14.6 Å². The molecule has 3 heterocycles. The standard InChI is InChI=1S/C27H25ClN4O3S/c1-14-12-19-24(36-25(29-19)17-10-11-32-20(13-17)15(2)30-31-32)22(16-6-8-18(28)9-7-16)21(14)23(26(33)34)35-27(3,4)5/h6-13,23H,1-5H3,(H,33,34). The molecular formula is C27H25ClN4O3S. The summed E-state index contributed by atoms with van der Waals surface area (Å²) >= 11 is 7.70. The van der Waals surface area contributed by atoms with Crippen molar-refractivity contribution in [2.24, 2.45) is 0 Å². The molecule has 0 saturated carbocycles.